The van der Waals surface area contributed by atoms with Gasteiger partial charge in [0, 0.05) is 39.2 Å². The molecule has 1 aliphatic carbocycles. The summed E-state index contributed by atoms with van der Waals surface area (Å²) in [7, 11) is 1.72. The molecule has 0 aromatic heterocycles. The van der Waals surface area contributed by atoms with E-state index in [1.54, 1.807) is 7.11 Å². The van der Waals surface area contributed by atoms with Gasteiger partial charge in [0.2, 0.25) is 0 Å². The molecule has 1 N–H and O–H groups in total. The number of likely N-dealkylation sites (tertiary alicyclic amines) is 1. The van der Waals surface area contributed by atoms with E-state index in [1.807, 2.05) is 0 Å². The molecule has 2 aliphatic rings. The molecule has 2 fully saturated rings. The lowest BCUT2D eigenvalue weighted by molar-refractivity contribution is 0.0536. The molecular formula is C19H38IN3O2. The summed E-state index contributed by atoms with van der Waals surface area (Å²) in [6, 6.07) is 0. The molecule has 5 nitrogen and oxygen atoms in total. The smallest absolute Gasteiger partial charge is 0.193 e. The fourth-order valence-electron chi connectivity index (χ4n) is 3.85. The third-order valence-electron chi connectivity index (χ3n) is 5.47. The highest BCUT2D eigenvalue weighted by Gasteiger charge is 2.26. The number of methoxy groups -OCH3 is 1. The Kier molecular flexibility index (Phi) is 12.1. The predicted octanol–water partition coefficient (Wildman–Crippen LogP) is 3.38. The molecule has 3 atom stereocenters. The quantitative estimate of drug-likeness (QED) is 0.257. The fraction of sp³-hybridized carbons (Fsp3) is 0.947. The summed E-state index contributed by atoms with van der Waals surface area (Å²) in [4.78, 5) is 7.40. The molecule has 0 amide bonds. The van der Waals surface area contributed by atoms with Crippen molar-refractivity contribution in [3.05, 3.63) is 0 Å². The first-order valence-electron chi connectivity index (χ1n) is 9.84. The van der Waals surface area contributed by atoms with Gasteiger partial charge < -0.3 is 19.7 Å². The van der Waals surface area contributed by atoms with Crippen LogP contribution in [0.25, 0.3) is 0 Å². The maximum absolute atomic E-state index is 5.70. The van der Waals surface area contributed by atoms with Crippen LogP contribution in [0, 0.1) is 17.8 Å². The predicted molar refractivity (Wildman–Crippen MR) is 115 cm³/mol. The van der Waals surface area contributed by atoms with Gasteiger partial charge in [-0.15, -0.1) is 24.0 Å². The Morgan fingerprint density at radius 3 is 2.72 bits per heavy atom. The van der Waals surface area contributed by atoms with Crippen LogP contribution in [0.5, 0.6) is 0 Å². The van der Waals surface area contributed by atoms with Crippen LogP contribution in [0.4, 0.5) is 0 Å². The molecule has 148 valence electrons. The highest BCUT2D eigenvalue weighted by Crippen LogP contribution is 2.29. The van der Waals surface area contributed by atoms with Crippen molar-refractivity contribution in [3.8, 4) is 0 Å². The average molecular weight is 467 g/mol. The Bertz CT molecular complexity index is 382. The van der Waals surface area contributed by atoms with Crippen molar-refractivity contribution < 1.29 is 9.47 Å². The third kappa shape index (κ3) is 7.99. The molecule has 6 heteroatoms. The number of ether oxygens (including phenoxy) is 2. The standard InChI is InChI=1S/C19H37N3O2.HI/c1-4-20-19(21-13-18-8-6-5-7-16(18)2)22-10-9-17(14-22)15-24-12-11-23-3;/h16-18H,4-15H2,1-3H3,(H,20,21);1H. The van der Waals surface area contributed by atoms with Gasteiger partial charge in [-0.2, -0.15) is 0 Å². The van der Waals surface area contributed by atoms with E-state index in [0.717, 1.165) is 50.6 Å². The van der Waals surface area contributed by atoms with Gasteiger partial charge in [-0.05, 0) is 31.6 Å². The monoisotopic (exact) mass is 467 g/mol. The molecule has 0 aromatic carbocycles. The number of nitrogens with zero attached hydrogens (tertiary/aromatic N) is 2. The molecule has 1 heterocycles. The fourth-order valence-corrected chi connectivity index (χ4v) is 3.85. The first-order valence-corrected chi connectivity index (χ1v) is 9.84. The van der Waals surface area contributed by atoms with Crippen molar-refractivity contribution >= 4 is 29.9 Å². The Balaban J connectivity index is 0.00000312. The number of hydrogen-bond donors (Lipinski definition) is 1. The molecule has 3 unspecified atom stereocenters. The van der Waals surface area contributed by atoms with E-state index in [4.69, 9.17) is 14.5 Å². The van der Waals surface area contributed by atoms with Gasteiger partial charge in [-0.1, -0.05) is 26.2 Å². The van der Waals surface area contributed by atoms with E-state index in [0.29, 0.717) is 19.1 Å². The van der Waals surface area contributed by atoms with Gasteiger partial charge in [0.25, 0.3) is 0 Å². The third-order valence-corrected chi connectivity index (χ3v) is 5.47. The lowest BCUT2D eigenvalue weighted by Gasteiger charge is -2.28. The molecule has 0 spiro atoms. The largest absolute Gasteiger partial charge is 0.382 e. The van der Waals surface area contributed by atoms with Crippen molar-refractivity contribution in [3.63, 3.8) is 0 Å². The van der Waals surface area contributed by atoms with E-state index in [-0.39, 0.29) is 24.0 Å². The van der Waals surface area contributed by atoms with Gasteiger partial charge in [0.05, 0.1) is 19.8 Å². The van der Waals surface area contributed by atoms with Crippen LogP contribution >= 0.6 is 24.0 Å². The van der Waals surface area contributed by atoms with Crippen molar-refractivity contribution in [1.29, 1.82) is 0 Å². The zero-order chi connectivity index (χ0) is 17.2. The van der Waals surface area contributed by atoms with Gasteiger partial charge in [0.15, 0.2) is 5.96 Å². The van der Waals surface area contributed by atoms with Gasteiger partial charge >= 0.3 is 0 Å². The Hall–Kier alpha value is -0.0800. The van der Waals surface area contributed by atoms with Crippen LogP contribution < -0.4 is 5.32 Å². The molecule has 25 heavy (non-hydrogen) atoms. The average Bonchev–Trinajstić information content (AvgIpc) is 3.05. The van der Waals surface area contributed by atoms with Crippen molar-refractivity contribution in [1.82, 2.24) is 10.2 Å². The van der Waals surface area contributed by atoms with E-state index in [9.17, 15) is 0 Å². The SMILES string of the molecule is CCNC(=NCC1CCCCC1C)N1CCC(COCCOC)C1.I. The van der Waals surface area contributed by atoms with Gasteiger partial charge in [0.1, 0.15) is 0 Å². The van der Waals surface area contributed by atoms with E-state index < -0.39 is 0 Å². The Labute approximate surface area is 171 Å². The number of aliphatic imine (C=N–C) groups is 1. The van der Waals surface area contributed by atoms with Crippen LogP contribution in [-0.2, 0) is 9.47 Å². The summed E-state index contributed by atoms with van der Waals surface area (Å²) >= 11 is 0. The summed E-state index contributed by atoms with van der Waals surface area (Å²) in [5, 5.41) is 3.49. The van der Waals surface area contributed by atoms with E-state index in [1.165, 1.54) is 32.1 Å². The first-order chi connectivity index (χ1) is 11.7. The molecule has 0 radical (unpaired) electrons. The second kappa shape index (κ2) is 13.1. The molecule has 2 rings (SSSR count). The van der Waals surface area contributed by atoms with E-state index >= 15 is 0 Å². The number of nitrogens with one attached hydrogen (secondary N) is 1. The minimum absolute atomic E-state index is 0. The molecule has 1 saturated heterocycles. The minimum Gasteiger partial charge on any atom is -0.382 e. The molecule has 0 bridgehead atoms. The maximum Gasteiger partial charge on any atom is 0.193 e. The Morgan fingerprint density at radius 2 is 2.00 bits per heavy atom. The lowest BCUT2D eigenvalue weighted by Crippen LogP contribution is -2.40. The van der Waals surface area contributed by atoms with Gasteiger partial charge in [-0.25, -0.2) is 0 Å². The summed E-state index contributed by atoms with van der Waals surface area (Å²) in [6.07, 6.45) is 6.70. The lowest BCUT2D eigenvalue weighted by atomic mass is 9.80. The van der Waals surface area contributed by atoms with Crippen LogP contribution in [0.15, 0.2) is 4.99 Å². The number of halogens is 1. The van der Waals surface area contributed by atoms with Crippen molar-refractivity contribution in [2.24, 2.45) is 22.7 Å². The molecule has 1 aliphatic heterocycles. The minimum atomic E-state index is 0. The number of guanidine groups is 1. The maximum atomic E-state index is 5.70. The Morgan fingerprint density at radius 1 is 1.20 bits per heavy atom. The summed E-state index contributed by atoms with van der Waals surface area (Å²) in [5.41, 5.74) is 0. The van der Waals surface area contributed by atoms with Crippen LogP contribution in [-0.4, -0.2) is 64.0 Å². The summed E-state index contributed by atoms with van der Waals surface area (Å²) < 4.78 is 10.7. The normalized spacial score (nSPS) is 27.2. The first kappa shape index (κ1) is 23.0. The number of rotatable bonds is 8. The van der Waals surface area contributed by atoms with Crippen molar-refractivity contribution in [2.45, 2.75) is 46.0 Å². The second-order valence-electron chi connectivity index (χ2n) is 7.38. The summed E-state index contributed by atoms with van der Waals surface area (Å²) in [6.45, 7) is 10.8. The molecule has 0 aromatic rings. The van der Waals surface area contributed by atoms with Gasteiger partial charge in [-0.3, -0.25) is 4.99 Å². The van der Waals surface area contributed by atoms with Crippen LogP contribution in [0.3, 0.4) is 0 Å². The van der Waals surface area contributed by atoms with Crippen molar-refractivity contribution in [2.75, 3.05) is 53.1 Å². The highest BCUT2D eigenvalue weighted by atomic mass is 127. The topological polar surface area (TPSA) is 46.1 Å². The molecular weight excluding hydrogens is 429 g/mol. The van der Waals surface area contributed by atoms with Crippen LogP contribution in [0.1, 0.15) is 46.0 Å². The van der Waals surface area contributed by atoms with E-state index in [2.05, 4.69) is 24.1 Å². The number of hydrogen-bond acceptors (Lipinski definition) is 3. The summed E-state index contributed by atoms with van der Waals surface area (Å²) in [5.74, 6) is 3.31. The zero-order valence-electron chi connectivity index (χ0n) is 16.3. The highest BCUT2D eigenvalue weighted by molar-refractivity contribution is 14.0. The van der Waals surface area contributed by atoms with Crippen LogP contribution in [0.2, 0.25) is 0 Å². The second-order valence-corrected chi connectivity index (χ2v) is 7.38. The zero-order valence-corrected chi connectivity index (χ0v) is 18.7. The molecule has 1 saturated carbocycles.